The summed E-state index contributed by atoms with van der Waals surface area (Å²) in [5.41, 5.74) is 0. The maximum absolute atomic E-state index is 4.15. The Bertz CT molecular complexity index is 218. The molecule has 0 saturated heterocycles. The molecule has 0 unspecified atom stereocenters. The SMILES string of the molecule is [CH3][Ge]([CH3])([Br])[C]12CC3CC(CC(C3)C1)C2. The number of halogens is 1. The van der Waals surface area contributed by atoms with Gasteiger partial charge in [0, 0.05) is 0 Å². The molecule has 0 amide bonds. The fourth-order valence-electron chi connectivity index (χ4n) is 4.84. The minimum atomic E-state index is -1.61. The van der Waals surface area contributed by atoms with E-state index in [4.69, 9.17) is 0 Å². The summed E-state index contributed by atoms with van der Waals surface area (Å²) in [6, 6.07) is 0. The first-order valence-electron chi connectivity index (χ1n) is 6.17. The molecule has 0 atom stereocenters. The van der Waals surface area contributed by atoms with Crippen molar-refractivity contribution in [2.45, 2.75) is 54.3 Å². The van der Waals surface area contributed by atoms with E-state index >= 15 is 0 Å². The molecule has 0 heterocycles. The second kappa shape index (κ2) is 3.03. The van der Waals surface area contributed by atoms with Crippen molar-refractivity contribution in [1.29, 1.82) is 0 Å². The van der Waals surface area contributed by atoms with Gasteiger partial charge in [-0.3, -0.25) is 0 Å². The zero-order valence-corrected chi connectivity index (χ0v) is 13.0. The van der Waals surface area contributed by atoms with Crippen LogP contribution in [0.1, 0.15) is 38.5 Å². The van der Waals surface area contributed by atoms with Crippen molar-refractivity contribution in [1.82, 2.24) is 0 Å². The molecule has 14 heavy (non-hydrogen) atoms. The summed E-state index contributed by atoms with van der Waals surface area (Å²) in [4.78, 5) is 0. The van der Waals surface area contributed by atoms with Crippen LogP contribution in [0, 0.1) is 17.8 Å². The predicted molar refractivity (Wildman–Crippen MR) is 67.3 cm³/mol. The van der Waals surface area contributed by atoms with Crippen LogP contribution >= 0.6 is 14.0 Å². The summed E-state index contributed by atoms with van der Waals surface area (Å²) in [6.45, 7) is 0. The van der Waals surface area contributed by atoms with E-state index < -0.39 is 11.4 Å². The van der Waals surface area contributed by atoms with E-state index in [0.717, 1.165) is 22.0 Å². The van der Waals surface area contributed by atoms with Crippen molar-refractivity contribution in [2.75, 3.05) is 0 Å². The molecule has 0 aromatic heterocycles. The van der Waals surface area contributed by atoms with Gasteiger partial charge in [-0.15, -0.1) is 0 Å². The molecule has 80 valence electrons. The third-order valence-electron chi connectivity index (χ3n) is 5.30. The van der Waals surface area contributed by atoms with Crippen molar-refractivity contribution in [3.05, 3.63) is 0 Å². The van der Waals surface area contributed by atoms with Gasteiger partial charge in [0.25, 0.3) is 0 Å². The Kier molecular flexibility index (Phi) is 2.21. The molecule has 0 nitrogen and oxygen atoms in total. The van der Waals surface area contributed by atoms with E-state index in [1.165, 1.54) is 0 Å². The summed E-state index contributed by atoms with van der Waals surface area (Å²) in [7, 11) is 0. The summed E-state index contributed by atoms with van der Waals surface area (Å²) in [5, 5.41) is 0. The molecule has 4 fully saturated rings. The van der Waals surface area contributed by atoms with Crippen LogP contribution in [0.5, 0.6) is 0 Å². The van der Waals surface area contributed by atoms with Crippen molar-refractivity contribution >= 4 is 25.4 Å². The van der Waals surface area contributed by atoms with Crippen LogP contribution in [0.2, 0.25) is 15.8 Å². The molecule has 0 aliphatic heterocycles. The van der Waals surface area contributed by atoms with E-state index in [1.807, 2.05) is 0 Å². The number of hydrogen-bond donors (Lipinski definition) is 0. The normalized spacial score (nSPS) is 51.2. The van der Waals surface area contributed by atoms with Gasteiger partial charge in [0.1, 0.15) is 0 Å². The molecule has 4 aliphatic carbocycles. The molecule has 0 aromatic rings. The molecule has 0 spiro atoms. The van der Waals surface area contributed by atoms with Crippen LogP contribution in [0.3, 0.4) is 0 Å². The van der Waals surface area contributed by atoms with Crippen LogP contribution in [0.15, 0.2) is 0 Å². The van der Waals surface area contributed by atoms with Crippen LogP contribution in [0.25, 0.3) is 0 Å². The molecule has 0 aromatic carbocycles. The fourth-order valence-corrected chi connectivity index (χ4v) is 12.2. The second-order valence-electron chi connectivity index (χ2n) is 6.67. The van der Waals surface area contributed by atoms with Gasteiger partial charge in [0.15, 0.2) is 0 Å². The minimum absolute atomic E-state index is 0.842. The molecular weight excluding hydrogens is 297 g/mol. The first-order chi connectivity index (χ1) is 6.48. The van der Waals surface area contributed by atoms with Crippen molar-refractivity contribution in [3.63, 3.8) is 0 Å². The summed E-state index contributed by atoms with van der Waals surface area (Å²) in [6.07, 6.45) is 9.55. The van der Waals surface area contributed by atoms with Crippen molar-refractivity contribution < 1.29 is 0 Å². The third-order valence-corrected chi connectivity index (χ3v) is 16.2. The van der Waals surface area contributed by atoms with Crippen LogP contribution in [-0.4, -0.2) is 11.4 Å². The average Bonchev–Trinajstić information content (AvgIpc) is 1.98. The molecular formula is C12H21BrGe. The van der Waals surface area contributed by atoms with Gasteiger partial charge >= 0.3 is 97.5 Å². The van der Waals surface area contributed by atoms with Crippen LogP contribution in [-0.2, 0) is 0 Å². The first-order valence-corrected chi connectivity index (χ1v) is 16.3. The summed E-state index contributed by atoms with van der Waals surface area (Å²) >= 11 is 2.54. The molecule has 0 N–H and O–H groups in total. The molecule has 4 rings (SSSR count). The first kappa shape index (κ1) is 10.2. The third kappa shape index (κ3) is 1.37. The van der Waals surface area contributed by atoms with E-state index in [-0.39, 0.29) is 0 Å². The monoisotopic (exact) mass is 318 g/mol. The maximum atomic E-state index is 4.15. The second-order valence-corrected chi connectivity index (χ2v) is 25.4. The summed E-state index contributed by atoms with van der Waals surface area (Å²) in [5.74, 6) is 8.57. The Morgan fingerprint density at radius 2 is 1.29 bits per heavy atom. The molecule has 2 heteroatoms. The van der Waals surface area contributed by atoms with E-state index in [0.29, 0.717) is 0 Å². The Balaban J connectivity index is 1.95. The molecule has 4 saturated carbocycles. The van der Waals surface area contributed by atoms with Crippen molar-refractivity contribution in [2.24, 2.45) is 17.8 Å². The summed E-state index contributed by atoms with van der Waals surface area (Å²) < 4.78 is 0.842. The predicted octanol–water partition coefficient (Wildman–Crippen LogP) is 4.56. The van der Waals surface area contributed by atoms with Gasteiger partial charge in [-0.1, -0.05) is 0 Å². The van der Waals surface area contributed by atoms with Gasteiger partial charge in [0.05, 0.1) is 0 Å². The Labute approximate surface area is 97.2 Å². The molecule has 0 radical (unpaired) electrons. The quantitative estimate of drug-likeness (QED) is 0.622. The van der Waals surface area contributed by atoms with E-state index in [2.05, 4.69) is 25.5 Å². The van der Waals surface area contributed by atoms with Gasteiger partial charge in [-0.2, -0.15) is 0 Å². The van der Waals surface area contributed by atoms with E-state index in [1.54, 1.807) is 38.5 Å². The number of rotatable bonds is 1. The fraction of sp³-hybridized carbons (Fsp3) is 1.00. The molecule has 4 aliphatic rings. The zero-order valence-electron chi connectivity index (χ0n) is 9.35. The Morgan fingerprint density at radius 3 is 1.57 bits per heavy atom. The Hall–Kier alpha value is 1.02. The van der Waals surface area contributed by atoms with Gasteiger partial charge in [-0.25, -0.2) is 0 Å². The average molecular weight is 318 g/mol. The van der Waals surface area contributed by atoms with Gasteiger partial charge < -0.3 is 0 Å². The zero-order chi connectivity index (χ0) is 9.97. The van der Waals surface area contributed by atoms with Gasteiger partial charge in [-0.05, 0) is 0 Å². The number of hydrogen-bond acceptors (Lipinski definition) is 0. The van der Waals surface area contributed by atoms with E-state index in [9.17, 15) is 0 Å². The van der Waals surface area contributed by atoms with Crippen molar-refractivity contribution in [3.8, 4) is 0 Å². The van der Waals surface area contributed by atoms with Crippen LogP contribution in [0.4, 0.5) is 0 Å². The molecule has 4 bridgehead atoms. The Morgan fingerprint density at radius 1 is 0.929 bits per heavy atom. The topological polar surface area (TPSA) is 0 Å². The van der Waals surface area contributed by atoms with Crippen LogP contribution < -0.4 is 0 Å². The van der Waals surface area contributed by atoms with Gasteiger partial charge in [0.2, 0.25) is 0 Å². The standard InChI is InChI=1S/C12H21BrGe/c1-14(2,13)12-6-9-3-10(7-12)5-11(4-9)8-12/h9-11H,3-8H2,1-2H3.